The average Bonchev–Trinajstić information content (AvgIpc) is 2.78. The Morgan fingerprint density at radius 3 is 2.56 bits per heavy atom. The first-order valence-electron chi connectivity index (χ1n) is 9.79. The lowest BCUT2D eigenvalue weighted by atomic mass is 9.44. The van der Waals surface area contributed by atoms with Crippen molar-refractivity contribution in [1.82, 2.24) is 0 Å². The maximum Gasteiger partial charge on any atom is 0.155 e. The van der Waals surface area contributed by atoms with Gasteiger partial charge < -0.3 is 10.2 Å². The molecule has 4 aliphatic rings. The summed E-state index contributed by atoms with van der Waals surface area (Å²) >= 11 is 0. The molecular weight excluding hydrogens is 312 g/mol. The van der Waals surface area contributed by atoms with Crippen LogP contribution in [0.5, 0.6) is 0 Å². The summed E-state index contributed by atoms with van der Waals surface area (Å²) in [5.74, 6) is 3.36. The molecule has 25 heavy (non-hydrogen) atoms. The van der Waals surface area contributed by atoms with Crippen LogP contribution >= 0.6 is 0 Å². The first kappa shape index (κ1) is 17.3. The molecule has 3 nitrogen and oxygen atoms in total. The molecule has 0 aromatic carbocycles. The molecule has 0 bridgehead atoms. The smallest absolute Gasteiger partial charge is 0.155 e. The highest BCUT2D eigenvalue weighted by molar-refractivity contribution is 5.91. The number of terminal acetylenes is 1. The van der Waals surface area contributed by atoms with Gasteiger partial charge in [0.05, 0.1) is 5.60 Å². The second-order valence-corrected chi connectivity index (χ2v) is 9.61. The van der Waals surface area contributed by atoms with E-state index in [2.05, 4.69) is 26.7 Å². The Hall–Kier alpha value is -1.11. The zero-order valence-corrected chi connectivity index (χ0v) is 15.6. The number of hydrogen-bond donors (Lipinski definition) is 2. The maximum atomic E-state index is 11.9. The largest absolute Gasteiger partial charge is 0.389 e. The second-order valence-electron chi connectivity index (χ2n) is 9.61. The van der Waals surface area contributed by atoms with Crippen LogP contribution in [0.25, 0.3) is 0 Å². The fraction of sp³-hybridized carbons (Fsp3) is 0.773. The summed E-state index contributed by atoms with van der Waals surface area (Å²) in [6.07, 6.45) is 12.9. The molecule has 0 amide bonds. The Morgan fingerprint density at radius 2 is 1.88 bits per heavy atom. The molecule has 0 aromatic rings. The van der Waals surface area contributed by atoms with Gasteiger partial charge in [-0.3, -0.25) is 4.79 Å². The molecule has 0 aromatic heterocycles. The van der Waals surface area contributed by atoms with E-state index in [0.717, 1.165) is 37.7 Å². The van der Waals surface area contributed by atoms with Gasteiger partial charge in [0.15, 0.2) is 5.78 Å². The predicted octanol–water partition coefficient (Wildman–Crippen LogP) is 3.24. The van der Waals surface area contributed by atoms with Crippen LogP contribution in [-0.2, 0) is 4.79 Å². The van der Waals surface area contributed by atoms with Crippen molar-refractivity contribution in [2.75, 3.05) is 0 Å². The lowest BCUT2D eigenvalue weighted by Crippen LogP contribution is -2.64. The number of rotatable bonds is 0. The average molecular weight is 342 g/mol. The number of carbonyl (C=O) groups is 1. The molecule has 136 valence electrons. The van der Waals surface area contributed by atoms with Gasteiger partial charge in [0.1, 0.15) is 5.60 Å². The summed E-state index contributed by atoms with van der Waals surface area (Å²) in [5.41, 5.74) is -1.38. The summed E-state index contributed by atoms with van der Waals surface area (Å²) in [4.78, 5) is 11.9. The van der Waals surface area contributed by atoms with Crippen molar-refractivity contribution >= 4 is 5.78 Å². The minimum atomic E-state index is -1.08. The zero-order valence-electron chi connectivity index (χ0n) is 15.6. The molecule has 3 fully saturated rings. The van der Waals surface area contributed by atoms with E-state index in [4.69, 9.17) is 6.42 Å². The Labute approximate surface area is 150 Å². The molecule has 0 radical (unpaired) electrons. The topological polar surface area (TPSA) is 57.5 Å². The van der Waals surface area contributed by atoms with Crippen LogP contribution in [0.2, 0.25) is 0 Å². The normalized spacial score (nSPS) is 54.8. The molecule has 3 saturated carbocycles. The molecule has 4 rings (SSSR count). The summed E-state index contributed by atoms with van der Waals surface area (Å²) in [7, 11) is 0. The molecule has 0 spiro atoms. The second kappa shape index (κ2) is 4.99. The van der Waals surface area contributed by atoms with Crippen LogP contribution in [0, 0.1) is 40.9 Å². The number of aliphatic hydroxyl groups is 2. The standard InChI is InChI=1S/C22H30O3/c1-5-21(24)14(2)12-18-17-7-6-15-13-16(23)8-9-19(15,3)22(17,25)11-10-20(18,21)4/h1,13-14,17-18,24-25H,6-12H2,2-4H3/t14-,17+,18+,19+,20+,21+,22-/m1/s1. The van der Waals surface area contributed by atoms with Crippen molar-refractivity contribution in [3.8, 4) is 12.3 Å². The minimum absolute atomic E-state index is 0.0486. The van der Waals surface area contributed by atoms with Gasteiger partial charge in [-0.2, -0.15) is 0 Å². The summed E-state index contributed by atoms with van der Waals surface area (Å²) in [5, 5.41) is 23.2. The molecule has 0 unspecified atom stereocenters. The van der Waals surface area contributed by atoms with E-state index in [-0.39, 0.29) is 34.4 Å². The number of carbonyl (C=O) groups excluding carboxylic acids is 1. The van der Waals surface area contributed by atoms with Gasteiger partial charge in [-0.15, -0.1) is 6.42 Å². The monoisotopic (exact) mass is 342 g/mol. The molecule has 0 saturated heterocycles. The molecule has 0 heterocycles. The van der Waals surface area contributed by atoms with Crippen LogP contribution in [0.4, 0.5) is 0 Å². The third kappa shape index (κ3) is 1.83. The molecule has 7 atom stereocenters. The Bertz CT molecular complexity index is 703. The lowest BCUT2D eigenvalue weighted by Gasteiger charge is -2.63. The summed E-state index contributed by atoms with van der Waals surface area (Å²) in [6.45, 7) is 6.35. The fourth-order valence-corrected chi connectivity index (χ4v) is 7.16. The van der Waals surface area contributed by atoms with Crippen molar-refractivity contribution in [2.24, 2.45) is 28.6 Å². The van der Waals surface area contributed by atoms with Crippen LogP contribution in [0.3, 0.4) is 0 Å². The third-order valence-electron chi connectivity index (χ3n) is 8.95. The van der Waals surface area contributed by atoms with E-state index in [1.54, 1.807) is 6.08 Å². The molecule has 4 aliphatic carbocycles. The first-order chi connectivity index (χ1) is 11.6. The number of fused-ring (bicyclic) bond motifs is 5. The predicted molar refractivity (Wildman–Crippen MR) is 96.5 cm³/mol. The van der Waals surface area contributed by atoms with Gasteiger partial charge >= 0.3 is 0 Å². The Kier molecular flexibility index (Phi) is 3.45. The maximum absolute atomic E-state index is 11.9. The lowest BCUT2D eigenvalue weighted by molar-refractivity contribution is -0.203. The van der Waals surface area contributed by atoms with E-state index in [9.17, 15) is 15.0 Å². The number of ketones is 1. The van der Waals surface area contributed by atoms with Crippen molar-refractivity contribution < 1.29 is 15.0 Å². The molecule has 2 N–H and O–H groups in total. The molecule has 3 heteroatoms. The van der Waals surface area contributed by atoms with Gasteiger partial charge in [0, 0.05) is 17.3 Å². The Morgan fingerprint density at radius 1 is 1.16 bits per heavy atom. The minimum Gasteiger partial charge on any atom is -0.389 e. The van der Waals surface area contributed by atoms with Crippen LogP contribution in [0.15, 0.2) is 11.6 Å². The van der Waals surface area contributed by atoms with E-state index >= 15 is 0 Å². The van der Waals surface area contributed by atoms with Crippen LogP contribution in [0.1, 0.15) is 65.7 Å². The van der Waals surface area contributed by atoms with E-state index in [1.165, 1.54) is 0 Å². The highest BCUT2D eigenvalue weighted by Gasteiger charge is 2.70. The van der Waals surface area contributed by atoms with Gasteiger partial charge in [0.25, 0.3) is 0 Å². The van der Waals surface area contributed by atoms with Crippen molar-refractivity contribution in [3.63, 3.8) is 0 Å². The summed E-state index contributed by atoms with van der Waals surface area (Å²) < 4.78 is 0. The van der Waals surface area contributed by atoms with Crippen molar-refractivity contribution in [3.05, 3.63) is 11.6 Å². The van der Waals surface area contributed by atoms with Crippen molar-refractivity contribution in [2.45, 2.75) is 76.9 Å². The van der Waals surface area contributed by atoms with Crippen molar-refractivity contribution in [1.29, 1.82) is 0 Å². The summed E-state index contributed by atoms with van der Waals surface area (Å²) in [6, 6.07) is 0. The Balaban J connectivity index is 1.79. The number of hydrogen-bond acceptors (Lipinski definition) is 3. The van der Waals surface area contributed by atoms with E-state index in [1.807, 2.05) is 0 Å². The van der Waals surface area contributed by atoms with Gasteiger partial charge in [0.2, 0.25) is 0 Å². The van der Waals surface area contributed by atoms with E-state index < -0.39 is 11.2 Å². The fourth-order valence-electron chi connectivity index (χ4n) is 7.16. The van der Waals surface area contributed by atoms with Gasteiger partial charge in [-0.05, 0) is 62.4 Å². The zero-order chi connectivity index (χ0) is 18.3. The third-order valence-corrected chi connectivity index (χ3v) is 8.95. The SMILES string of the molecule is C#C[C@]1(O)[C@H](C)C[C@H]2[C@@H]3CCC4=CC(=O)CC[C@]4(C)[C@@]3(O)CC[C@@]21C. The highest BCUT2D eigenvalue weighted by Crippen LogP contribution is 2.69. The highest BCUT2D eigenvalue weighted by atomic mass is 16.3. The molecule has 0 aliphatic heterocycles. The van der Waals surface area contributed by atoms with Crippen LogP contribution < -0.4 is 0 Å². The van der Waals surface area contributed by atoms with Gasteiger partial charge in [-0.1, -0.05) is 32.3 Å². The quantitative estimate of drug-likeness (QED) is 0.665. The van der Waals surface area contributed by atoms with Gasteiger partial charge in [-0.25, -0.2) is 0 Å². The van der Waals surface area contributed by atoms with E-state index in [0.29, 0.717) is 12.8 Å². The first-order valence-corrected chi connectivity index (χ1v) is 9.79. The van der Waals surface area contributed by atoms with Crippen LogP contribution in [-0.4, -0.2) is 27.2 Å². The molecular formula is C22H30O3.